The topological polar surface area (TPSA) is 74.6 Å². The molecule has 0 radical (unpaired) electrons. The minimum Gasteiger partial charge on any atom is -0.493 e. The highest BCUT2D eigenvalue weighted by molar-refractivity contribution is 5.92. The lowest BCUT2D eigenvalue weighted by Crippen LogP contribution is -2.25. The minimum atomic E-state index is 0.00830. The Labute approximate surface area is 158 Å². The highest BCUT2D eigenvalue weighted by Gasteiger charge is 2.21. The van der Waals surface area contributed by atoms with Gasteiger partial charge in [-0.05, 0) is 31.4 Å². The maximum Gasteiger partial charge on any atom is 0.228 e. The van der Waals surface area contributed by atoms with Crippen LogP contribution in [-0.2, 0) is 11.3 Å². The molecule has 1 amide bonds. The van der Waals surface area contributed by atoms with E-state index in [1.54, 1.807) is 38.3 Å². The summed E-state index contributed by atoms with van der Waals surface area (Å²) in [4.78, 5) is 12.5. The number of methoxy groups -OCH3 is 3. The number of hydrogen-bond acceptors (Lipinski definition) is 5. The molecule has 0 aliphatic heterocycles. The van der Waals surface area contributed by atoms with Gasteiger partial charge in [0, 0.05) is 17.5 Å². The Bertz CT molecular complexity index is 829. The Morgan fingerprint density at radius 2 is 1.96 bits per heavy atom. The molecule has 1 N–H and O–H groups in total. The van der Waals surface area contributed by atoms with Gasteiger partial charge in [0.2, 0.25) is 11.7 Å². The van der Waals surface area contributed by atoms with Gasteiger partial charge in [-0.3, -0.25) is 4.79 Å². The molecule has 1 aliphatic carbocycles. The monoisotopic (exact) mass is 371 g/mol. The largest absolute Gasteiger partial charge is 0.493 e. The zero-order valence-electron chi connectivity index (χ0n) is 15.9. The predicted octanol–water partition coefficient (Wildman–Crippen LogP) is 3.25. The Balaban J connectivity index is 1.80. The van der Waals surface area contributed by atoms with Crippen molar-refractivity contribution >= 4 is 11.7 Å². The molecule has 1 unspecified atom stereocenters. The summed E-state index contributed by atoms with van der Waals surface area (Å²) in [5.41, 5.74) is 0.870. The molecule has 1 aromatic heterocycles. The van der Waals surface area contributed by atoms with Crippen molar-refractivity contribution in [3.8, 4) is 17.2 Å². The van der Waals surface area contributed by atoms with Crippen LogP contribution in [0.4, 0.5) is 5.82 Å². The molecule has 0 fully saturated rings. The van der Waals surface area contributed by atoms with E-state index in [0.29, 0.717) is 29.6 Å². The van der Waals surface area contributed by atoms with Gasteiger partial charge >= 0.3 is 0 Å². The summed E-state index contributed by atoms with van der Waals surface area (Å²) in [5, 5.41) is 7.34. The normalized spacial score (nSPS) is 16.0. The molecule has 144 valence electrons. The van der Waals surface area contributed by atoms with Gasteiger partial charge in [0.25, 0.3) is 0 Å². The third-order valence-electron chi connectivity index (χ3n) is 4.71. The quantitative estimate of drug-likeness (QED) is 0.756. The van der Waals surface area contributed by atoms with Gasteiger partial charge in [-0.15, -0.1) is 0 Å². The average molecular weight is 371 g/mol. The van der Waals surface area contributed by atoms with Crippen LogP contribution in [0.1, 0.15) is 24.8 Å². The first-order valence-corrected chi connectivity index (χ1v) is 8.93. The van der Waals surface area contributed by atoms with Gasteiger partial charge in [-0.1, -0.05) is 12.2 Å². The fourth-order valence-electron chi connectivity index (χ4n) is 3.27. The molecule has 2 aromatic rings. The van der Waals surface area contributed by atoms with Gasteiger partial charge in [0.15, 0.2) is 11.5 Å². The number of allylic oxidation sites excluding steroid dienone is 2. The summed E-state index contributed by atoms with van der Waals surface area (Å²) < 4.78 is 18.0. The maximum absolute atomic E-state index is 12.5. The van der Waals surface area contributed by atoms with Crippen molar-refractivity contribution < 1.29 is 19.0 Å². The number of amides is 1. The second-order valence-corrected chi connectivity index (χ2v) is 6.34. The standard InChI is InChI=1S/C20H25N3O4/c1-25-16-10-9-15(18(26-2)19(16)27-3)13-23-17(11-12-21-23)22-20(24)14-7-5-4-6-8-14/h4-5,9-12,14H,6-8,13H2,1-3H3,(H,22,24). The number of carbonyl (C=O) groups is 1. The number of ether oxygens (including phenoxy) is 3. The van der Waals surface area contributed by atoms with Crippen LogP contribution in [0.3, 0.4) is 0 Å². The van der Waals surface area contributed by atoms with E-state index < -0.39 is 0 Å². The summed E-state index contributed by atoms with van der Waals surface area (Å²) in [6, 6.07) is 5.52. The summed E-state index contributed by atoms with van der Waals surface area (Å²) in [6.07, 6.45) is 8.46. The van der Waals surface area contributed by atoms with E-state index >= 15 is 0 Å². The van der Waals surface area contributed by atoms with E-state index in [9.17, 15) is 4.79 Å². The van der Waals surface area contributed by atoms with E-state index in [1.165, 1.54) is 0 Å². The molecule has 0 spiro atoms. The number of anilines is 1. The Hall–Kier alpha value is -2.96. The van der Waals surface area contributed by atoms with Crippen molar-refractivity contribution in [1.82, 2.24) is 9.78 Å². The lowest BCUT2D eigenvalue weighted by Gasteiger charge is -2.19. The number of aromatic nitrogens is 2. The first-order chi connectivity index (χ1) is 13.2. The van der Waals surface area contributed by atoms with Crippen molar-refractivity contribution in [2.24, 2.45) is 5.92 Å². The van der Waals surface area contributed by atoms with Crippen LogP contribution in [-0.4, -0.2) is 37.0 Å². The van der Waals surface area contributed by atoms with Crippen molar-refractivity contribution in [2.45, 2.75) is 25.8 Å². The molecular formula is C20H25N3O4. The van der Waals surface area contributed by atoms with Gasteiger partial charge in [0.05, 0.1) is 34.1 Å². The molecule has 0 saturated heterocycles. The van der Waals surface area contributed by atoms with Crippen molar-refractivity contribution in [3.05, 3.63) is 42.1 Å². The number of nitrogens with zero attached hydrogens (tertiary/aromatic N) is 2. The SMILES string of the molecule is COc1ccc(Cn2nccc2NC(=O)C2CC=CCC2)c(OC)c1OC. The van der Waals surface area contributed by atoms with E-state index in [0.717, 1.165) is 24.8 Å². The van der Waals surface area contributed by atoms with Crippen LogP contribution < -0.4 is 19.5 Å². The molecule has 1 atom stereocenters. The fraction of sp³-hybridized carbons (Fsp3) is 0.400. The second-order valence-electron chi connectivity index (χ2n) is 6.34. The zero-order chi connectivity index (χ0) is 19.2. The fourth-order valence-corrected chi connectivity index (χ4v) is 3.27. The first kappa shape index (κ1) is 18.8. The van der Waals surface area contributed by atoms with Gasteiger partial charge < -0.3 is 19.5 Å². The molecule has 7 heteroatoms. The third kappa shape index (κ3) is 4.07. The van der Waals surface area contributed by atoms with E-state index in [4.69, 9.17) is 14.2 Å². The molecular weight excluding hydrogens is 346 g/mol. The van der Waals surface area contributed by atoms with Crippen LogP contribution in [0, 0.1) is 5.92 Å². The predicted molar refractivity (Wildman–Crippen MR) is 103 cm³/mol. The zero-order valence-corrected chi connectivity index (χ0v) is 15.9. The number of rotatable bonds is 7. The second kappa shape index (κ2) is 8.62. The smallest absolute Gasteiger partial charge is 0.228 e. The van der Waals surface area contributed by atoms with Gasteiger partial charge in [-0.2, -0.15) is 5.10 Å². The average Bonchev–Trinajstić information content (AvgIpc) is 3.14. The van der Waals surface area contributed by atoms with Crippen LogP contribution >= 0.6 is 0 Å². The van der Waals surface area contributed by atoms with Crippen LogP contribution in [0.15, 0.2) is 36.5 Å². The summed E-state index contributed by atoms with van der Waals surface area (Å²) in [5.74, 6) is 2.41. The number of carbonyl (C=O) groups excluding carboxylic acids is 1. The lowest BCUT2D eigenvalue weighted by molar-refractivity contribution is -0.120. The molecule has 0 bridgehead atoms. The van der Waals surface area contributed by atoms with Gasteiger partial charge in [0.1, 0.15) is 5.82 Å². The van der Waals surface area contributed by atoms with Crippen LogP contribution in [0.25, 0.3) is 0 Å². The molecule has 7 nitrogen and oxygen atoms in total. The van der Waals surface area contributed by atoms with Crippen LogP contribution in [0.5, 0.6) is 17.2 Å². The van der Waals surface area contributed by atoms with Crippen molar-refractivity contribution in [1.29, 1.82) is 0 Å². The number of nitrogens with one attached hydrogen (secondary N) is 1. The molecule has 0 saturated carbocycles. The first-order valence-electron chi connectivity index (χ1n) is 8.93. The van der Waals surface area contributed by atoms with E-state index in [2.05, 4.69) is 22.6 Å². The number of hydrogen-bond donors (Lipinski definition) is 1. The highest BCUT2D eigenvalue weighted by Crippen LogP contribution is 2.40. The molecule has 1 aliphatic rings. The molecule has 27 heavy (non-hydrogen) atoms. The number of benzene rings is 1. The molecule has 3 rings (SSSR count). The highest BCUT2D eigenvalue weighted by atomic mass is 16.5. The third-order valence-corrected chi connectivity index (χ3v) is 4.71. The molecule has 1 heterocycles. The minimum absolute atomic E-state index is 0.00830. The summed E-state index contributed by atoms with van der Waals surface area (Å²) in [6.45, 7) is 0.427. The Morgan fingerprint density at radius 1 is 1.15 bits per heavy atom. The Morgan fingerprint density at radius 3 is 2.63 bits per heavy atom. The Kier molecular flexibility index (Phi) is 6.01. The van der Waals surface area contributed by atoms with Crippen LogP contribution in [0.2, 0.25) is 0 Å². The molecule has 1 aromatic carbocycles. The van der Waals surface area contributed by atoms with Gasteiger partial charge in [-0.25, -0.2) is 4.68 Å². The lowest BCUT2D eigenvalue weighted by atomic mass is 9.94. The maximum atomic E-state index is 12.5. The van der Waals surface area contributed by atoms with E-state index in [-0.39, 0.29) is 11.8 Å². The van der Waals surface area contributed by atoms with E-state index in [1.807, 2.05) is 12.1 Å². The van der Waals surface area contributed by atoms with Crippen molar-refractivity contribution in [3.63, 3.8) is 0 Å². The van der Waals surface area contributed by atoms with Crippen molar-refractivity contribution in [2.75, 3.05) is 26.6 Å². The summed E-state index contributed by atoms with van der Waals surface area (Å²) >= 11 is 0. The summed E-state index contributed by atoms with van der Waals surface area (Å²) in [7, 11) is 4.74.